The maximum absolute atomic E-state index is 5.30. The summed E-state index contributed by atoms with van der Waals surface area (Å²) in [6.45, 7) is 0. The van der Waals surface area contributed by atoms with Crippen molar-refractivity contribution in [2.75, 3.05) is 0 Å². The van der Waals surface area contributed by atoms with Crippen molar-refractivity contribution in [1.82, 2.24) is 15.0 Å². The molecule has 278 valence electrons. The summed E-state index contributed by atoms with van der Waals surface area (Å²) in [4.78, 5) is 15.7. The molecular weight excluding hydrogens is 715 g/mol. The predicted molar refractivity (Wildman–Crippen MR) is 243 cm³/mol. The van der Waals surface area contributed by atoms with E-state index in [1.165, 1.54) is 55.3 Å². The summed E-state index contributed by atoms with van der Waals surface area (Å²) >= 11 is 0. The lowest BCUT2D eigenvalue weighted by Gasteiger charge is -2.37. The molecule has 1 unspecified atom stereocenters. The number of rotatable bonds is 7. The Labute approximate surface area is 344 Å². The van der Waals surface area contributed by atoms with Crippen molar-refractivity contribution in [3.8, 4) is 67.5 Å². The van der Waals surface area contributed by atoms with Gasteiger partial charge in [-0.1, -0.05) is 200 Å². The first-order valence-corrected chi connectivity index (χ1v) is 20.4. The van der Waals surface area contributed by atoms with Crippen LogP contribution in [0.4, 0.5) is 0 Å². The van der Waals surface area contributed by atoms with E-state index in [2.05, 4.69) is 188 Å². The van der Waals surface area contributed by atoms with Gasteiger partial charge in [0.2, 0.25) is 0 Å². The largest absolute Gasteiger partial charge is 0.208 e. The van der Waals surface area contributed by atoms with Crippen molar-refractivity contribution >= 4 is 10.8 Å². The average Bonchev–Trinajstić information content (AvgIpc) is 3.61. The van der Waals surface area contributed by atoms with Gasteiger partial charge in [-0.3, -0.25) is 0 Å². The van der Waals surface area contributed by atoms with E-state index < -0.39 is 5.41 Å². The van der Waals surface area contributed by atoms with E-state index in [1.807, 2.05) is 24.3 Å². The summed E-state index contributed by atoms with van der Waals surface area (Å²) in [5.41, 5.74) is 14.8. The van der Waals surface area contributed by atoms with Crippen molar-refractivity contribution in [2.24, 2.45) is 0 Å². The highest BCUT2D eigenvalue weighted by molar-refractivity contribution is 6.09. The number of hydrogen-bond donors (Lipinski definition) is 0. The number of hydrogen-bond acceptors (Lipinski definition) is 3. The minimum atomic E-state index is -0.553. The topological polar surface area (TPSA) is 38.7 Å². The van der Waals surface area contributed by atoms with E-state index in [0.717, 1.165) is 40.7 Å². The second kappa shape index (κ2) is 14.5. The van der Waals surface area contributed by atoms with Crippen LogP contribution in [-0.4, -0.2) is 15.0 Å². The number of fused-ring (bicyclic) bond motifs is 4. The molecule has 1 aromatic heterocycles. The van der Waals surface area contributed by atoms with E-state index >= 15 is 0 Å². The van der Waals surface area contributed by atoms with E-state index in [9.17, 15) is 0 Å². The molecule has 0 radical (unpaired) electrons. The molecule has 2 aliphatic rings. The lowest BCUT2D eigenvalue weighted by molar-refractivity contribution is 0.693. The van der Waals surface area contributed by atoms with Crippen LogP contribution in [0.2, 0.25) is 0 Å². The zero-order chi connectivity index (χ0) is 39.2. The van der Waals surface area contributed by atoms with Crippen LogP contribution < -0.4 is 0 Å². The summed E-state index contributed by atoms with van der Waals surface area (Å²) in [7, 11) is 0. The Kier molecular flexibility index (Phi) is 8.52. The van der Waals surface area contributed by atoms with Crippen LogP contribution >= 0.6 is 0 Å². The molecule has 0 spiro atoms. The number of aromatic nitrogens is 3. The molecule has 0 amide bonds. The fraction of sp³-hybridized carbons (Fsp3) is 0.0536. The van der Waals surface area contributed by atoms with Gasteiger partial charge in [-0.25, -0.2) is 15.0 Å². The van der Waals surface area contributed by atoms with Gasteiger partial charge in [0, 0.05) is 16.7 Å². The van der Waals surface area contributed by atoms with Gasteiger partial charge in [-0.05, 0) is 91.9 Å². The zero-order valence-corrected chi connectivity index (χ0v) is 32.5. The van der Waals surface area contributed by atoms with Crippen molar-refractivity contribution < 1.29 is 0 Å². The third-order valence-corrected chi connectivity index (χ3v) is 12.1. The Morgan fingerprint density at radius 1 is 0.407 bits per heavy atom. The molecule has 59 heavy (non-hydrogen) atoms. The molecule has 0 fully saturated rings. The van der Waals surface area contributed by atoms with Gasteiger partial charge in [-0.2, -0.15) is 0 Å². The molecule has 2 aliphatic carbocycles. The highest BCUT2D eigenvalue weighted by Crippen LogP contribution is 2.61. The Bertz CT molecular complexity index is 3080. The van der Waals surface area contributed by atoms with E-state index in [0.29, 0.717) is 17.5 Å². The summed E-state index contributed by atoms with van der Waals surface area (Å²) in [5.74, 6) is 1.93. The SMILES string of the molecule is C1=CCCC(C2(c3ccccc3)c3cc(-c4nc(-c5ccccc5)nc(-c5cccc(-c6ccccc6)c5)n4)ccc3-c3c2cc2ccccc2c3-c2ccccc2)=C1. The summed E-state index contributed by atoms with van der Waals surface area (Å²) in [5, 5.41) is 2.49. The summed E-state index contributed by atoms with van der Waals surface area (Å²) < 4.78 is 0. The third kappa shape index (κ3) is 5.85. The zero-order valence-electron chi connectivity index (χ0n) is 32.5. The molecule has 0 saturated carbocycles. The van der Waals surface area contributed by atoms with Gasteiger partial charge in [0.25, 0.3) is 0 Å². The highest BCUT2D eigenvalue weighted by Gasteiger charge is 2.48. The van der Waals surface area contributed by atoms with Gasteiger partial charge in [-0.15, -0.1) is 0 Å². The van der Waals surface area contributed by atoms with Crippen LogP contribution in [0.5, 0.6) is 0 Å². The Morgan fingerprint density at radius 2 is 0.983 bits per heavy atom. The van der Waals surface area contributed by atoms with Gasteiger partial charge < -0.3 is 0 Å². The number of nitrogens with zero attached hydrogens (tertiary/aromatic N) is 3. The Balaban J connectivity index is 1.20. The summed E-state index contributed by atoms with van der Waals surface area (Å²) in [6.07, 6.45) is 8.85. The smallest absolute Gasteiger partial charge is 0.164 e. The van der Waals surface area contributed by atoms with Crippen molar-refractivity contribution in [2.45, 2.75) is 18.3 Å². The molecular formula is C56H39N3. The predicted octanol–water partition coefficient (Wildman–Crippen LogP) is 14.0. The molecule has 0 N–H and O–H groups in total. The number of benzene rings is 8. The van der Waals surface area contributed by atoms with Crippen molar-refractivity contribution in [1.29, 1.82) is 0 Å². The Hall–Kier alpha value is -7.49. The molecule has 0 bridgehead atoms. The normalized spacial score (nSPS) is 15.4. The second-order valence-corrected chi connectivity index (χ2v) is 15.4. The van der Waals surface area contributed by atoms with Crippen molar-refractivity contribution in [3.63, 3.8) is 0 Å². The first kappa shape index (κ1) is 34.7. The van der Waals surface area contributed by atoms with Crippen LogP contribution in [0.15, 0.2) is 218 Å². The molecule has 11 rings (SSSR count). The minimum Gasteiger partial charge on any atom is -0.208 e. The molecule has 1 heterocycles. The molecule has 3 heteroatoms. The second-order valence-electron chi connectivity index (χ2n) is 15.4. The monoisotopic (exact) mass is 753 g/mol. The van der Waals surface area contributed by atoms with Crippen LogP contribution in [-0.2, 0) is 5.41 Å². The standard InChI is InChI=1S/C56H39N3/c1-6-19-38(20-7-1)41-26-18-27-43(35-41)54-57-53(40-23-10-3-11-24-40)58-55(59-54)44-33-34-48-49(37-44)56(45-28-12-4-13-29-45,46-30-14-5-15-31-46)50-36-42-25-16-17-32-47(42)51(52(48)50)39-21-8-2-9-22-39/h1-14,16-30,32-37H,15,31H2. The molecule has 9 aromatic rings. The highest BCUT2D eigenvalue weighted by atomic mass is 15.0. The fourth-order valence-corrected chi connectivity index (χ4v) is 9.45. The molecule has 1 atom stereocenters. The lowest BCUT2D eigenvalue weighted by atomic mass is 9.65. The van der Waals surface area contributed by atoms with Crippen LogP contribution in [0.25, 0.3) is 78.3 Å². The quantitative estimate of drug-likeness (QED) is 0.163. The lowest BCUT2D eigenvalue weighted by Crippen LogP contribution is -2.30. The van der Waals surface area contributed by atoms with Crippen LogP contribution in [0.3, 0.4) is 0 Å². The van der Waals surface area contributed by atoms with E-state index in [-0.39, 0.29) is 0 Å². The first-order valence-electron chi connectivity index (χ1n) is 20.4. The molecule has 0 aliphatic heterocycles. The minimum absolute atomic E-state index is 0.553. The first-order chi connectivity index (χ1) is 29.3. The molecule has 0 saturated heterocycles. The molecule has 3 nitrogen and oxygen atoms in total. The van der Waals surface area contributed by atoms with Gasteiger partial charge >= 0.3 is 0 Å². The maximum atomic E-state index is 5.30. The third-order valence-electron chi connectivity index (χ3n) is 12.1. The van der Waals surface area contributed by atoms with Gasteiger partial charge in [0.15, 0.2) is 17.5 Å². The fourth-order valence-electron chi connectivity index (χ4n) is 9.45. The van der Waals surface area contributed by atoms with Gasteiger partial charge in [0.1, 0.15) is 0 Å². The molecule has 8 aromatic carbocycles. The number of allylic oxidation sites excluding steroid dienone is 4. The van der Waals surface area contributed by atoms with E-state index in [1.54, 1.807) is 0 Å². The summed E-state index contributed by atoms with van der Waals surface area (Å²) in [6, 6.07) is 69.5. The van der Waals surface area contributed by atoms with Crippen LogP contribution in [0.1, 0.15) is 29.5 Å². The van der Waals surface area contributed by atoms with Crippen molar-refractivity contribution in [3.05, 3.63) is 235 Å². The van der Waals surface area contributed by atoms with E-state index in [4.69, 9.17) is 15.0 Å². The Morgan fingerprint density at radius 3 is 1.68 bits per heavy atom. The van der Waals surface area contributed by atoms with Crippen LogP contribution in [0, 0.1) is 0 Å². The van der Waals surface area contributed by atoms with Gasteiger partial charge in [0.05, 0.1) is 5.41 Å². The average molecular weight is 754 g/mol. The maximum Gasteiger partial charge on any atom is 0.164 e.